The highest BCUT2D eigenvalue weighted by Gasteiger charge is 2.41. The van der Waals surface area contributed by atoms with Crippen molar-refractivity contribution < 1.29 is 9.47 Å². The van der Waals surface area contributed by atoms with Gasteiger partial charge in [0.15, 0.2) is 0 Å². The summed E-state index contributed by atoms with van der Waals surface area (Å²) in [4.78, 5) is 2.10. The fourth-order valence-electron chi connectivity index (χ4n) is 2.87. The molecule has 0 aliphatic carbocycles. The molecule has 0 aromatic heterocycles. The van der Waals surface area contributed by atoms with Gasteiger partial charge in [0.1, 0.15) is 11.9 Å². The van der Waals surface area contributed by atoms with Gasteiger partial charge in [-0.3, -0.25) is 5.41 Å². The molecule has 96 valence electrons. The van der Waals surface area contributed by atoms with Crippen molar-refractivity contribution in [3.63, 3.8) is 0 Å². The van der Waals surface area contributed by atoms with Crippen molar-refractivity contribution >= 4 is 6.02 Å². The van der Waals surface area contributed by atoms with E-state index in [1.54, 1.807) is 7.11 Å². The summed E-state index contributed by atoms with van der Waals surface area (Å²) in [6.45, 7) is 0.955. The highest BCUT2D eigenvalue weighted by molar-refractivity contribution is 5.73. The van der Waals surface area contributed by atoms with Gasteiger partial charge in [0.2, 0.25) is 0 Å². The third-order valence-electron chi connectivity index (χ3n) is 3.84. The molecule has 0 bridgehead atoms. The van der Waals surface area contributed by atoms with E-state index in [0.717, 1.165) is 30.7 Å². The molecule has 3 rings (SSSR count). The highest BCUT2D eigenvalue weighted by atomic mass is 16.5. The van der Waals surface area contributed by atoms with E-state index in [4.69, 9.17) is 14.9 Å². The minimum Gasteiger partial charge on any atom is -0.497 e. The van der Waals surface area contributed by atoms with Crippen LogP contribution in [0.15, 0.2) is 24.3 Å². The van der Waals surface area contributed by atoms with E-state index in [2.05, 4.69) is 4.90 Å². The molecule has 1 aromatic rings. The Morgan fingerprint density at radius 2 is 2.06 bits per heavy atom. The van der Waals surface area contributed by atoms with E-state index in [9.17, 15) is 0 Å². The number of nitrogens with one attached hydrogen (secondary N) is 1. The first-order valence-corrected chi connectivity index (χ1v) is 6.45. The highest BCUT2D eigenvalue weighted by Crippen LogP contribution is 2.37. The lowest BCUT2D eigenvalue weighted by molar-refractivity contribution is 0.167. The quantitative estimate of drug-likeness (QED) is 0.872. The number of hydrogen-bond donors (Lipinski definition) is 1. The number of methoxy groups -OCH3 is 1. The Kier molecular flexibility index (Phi) is 2.86. The fourth-order valence-corrected chi connectivity index (χ4v) is 2.87. The lowest BCUT2D eigenvalue weighted by Gasteiger charge is -2.29. The van der Waals surface area contributed by atoms with Crippen LogP contribution < -0.4 is 4.74 Å². The number of nitrogens with zero attached hydrogens (tertiary/aromatic N) is 1. The first kappa shape index (κ1) is 11.4. The Balaban J connectivity index is 1.84. The first-order valence-electron chi connectivity index (χ1n) is 6.45. The number of benzene rings is 1. The third kappa shape index (κ3) is 1.82. The minimum absolute atomic E-state index is 0.00343. The van der Waals surface area contributed by atoms with Gasteiger partial charge < -0.3 is 14.4 Å². The molecule has 4 heteroatoms. The van der Waals surface area contributed by atoms with Crippen LogP contribution in [0.25, 0.3) is 0 Å². The fraction of sp³-hybridized carbons (Fsp3) is 0.500. The number of piperidine rings is 1. The molecule has 2 unspecified atom stereocenters. The van der Waals surface area contributed by atoms with Crippen molar-refractivity contribution in [2.75, 3.05) is 13.7 Å². The van der Waals surface area contributed by atoms with E-state index in [1.165, 1.54) is 6.42 Å². The summed E-state index contributed by atoms with van der Waals surface area (Å²) in [6, 6.07) is 8.64. The van der Waals surface area contributed by atoms with Gasteiger partial charge in [0, 0.05) is 6.54 Å². The zero-order valence-electron chi connectivity index (χ0n) is 10.6. The molecule has 0 radical (unpaired) electrons. The summed E-state index contributed by atoms with van der Waals surface area (Å²) in [5.41, 5.74) is 1.13. The number of hydrogen-bond acceptors (Lipinski definition) is 3. The maximum Gasteiger partial charge on any atom is 0.285 e. The van der Waals surface area contributed by atoms with Gasteiger partial charge in [0.05, 0.1) is 13.2 Å². The smallest absolute Gasteiger partial charge is 0.285 e. The topological polar surface area (TPSA) is 45.6 Å². The average Bonchev–Trinajstić information content (AvgIpc) is 2.77. The summed E-state index contributed by atoms with van der Waals surface area (Å²) < 4.78 is 10.9. The van der Waals surface area contributed by atoms with Gasteiger partial charge in [-0.15, -0.1) is 0 Å². The van der Waals surface area contributed by atoms with Crippen LogP contribution in [0, 0.1) is 5.41 Å². The second-order valence-corrected chi connectivity index (χ2v) is 4.87. The number of amidine groups is 1. The normalized spacial score (nSPS) is 26.7. The van der Waals surface area contributed by atoms with Crippen LogP contribution in [0.2, 0.25) is 0 Å². The molecule has 18 heavy (non-hydrogen) atoms. The Morgan fingerprint density at radius 1 is 1.28 bits per heavy atom. The Hall–Kier alpha value is -1.71. The monoisotopic (exact) mass is 246 g/mol. The van der Waals surface area contributed by atoms with Crippen molar-refractivity contribution in [3.8, 4) is 5.75 Å². The van der Waals surface area contributed by atoms with E-state index in [0.29, 0.717) is 12.1 Å². The molecular formula is C14H18N2O2. The molecule has 2 saturated heterocycles. The molecule has 0 amide bonds. The Labute approximate surface area is 107 Å². The molecular weight excluding hydrogens is 228 g/mol. The molecule has 1 N–H and O–H groups in total. The van der Waals surface area contributed by atoms with Crippen LogP contribution in [-0.4, -0.2) is 30.6 Å². The van der Waals surface area contributed by atoms with Crippen LogP contribution in [0.1, 0.15) is 30.9 Å². The summed E-state index contributed by atoms with van der Waals surface area (Å²) >= 11 is 0. The Bertz CT molecular complexity index is 444. The van der Waals surface area contributed by atoms with Crippen molar-refractivity contribution in [1.29, 1.82) is 5.41 Å². The third-order valence-corrected chi connectivity index (χ3v) is 3.84. The van der Waals surface area contributed by atoms with Crippen molar-refractivity contribution in [1.82, 2.24) is 4.90 Å². The van der Waals surface area contributed by atoms with Crippen molar-refractivity contribution in [3.05, 3.63) is 29.8 Å². The zero-order valence-corrected chi connectivity index (χ0v) is 10.6. The molecule has 2 heterocycles. The predicted octanol–water partition coefficient (Wildman–Crippen LogP) is 2.56. The minimum atomic E-state index is 0.00343. The van der Waals surface area contributed by atoms with Crippen molar-refractivity contribution in [2.45, 2.75) is 31.4 Å². The molecule has 0 spiro atoms. The molecule has 2 aliphatic rings. The zero-order chi connectivity index (χ0) is 12.5. The van der Waals surface area contributed by atoms with Crippen molar-refractivity contribution in [2.24, 2.45) is 0 Å². The second kappa shape index (κ2) is 4.52. The lowest BCUT2D eigenvalue weighted by Crippen LogP contribution is -2.38. The van der Waals surface area contributed by atoms with Crippen LogP contribution in [0.4, 0.5) is 0 Å². The maximum atomic E-state index is 7.91. The van der Waals surface area contributed by atoms with E-state index < -0.39 is 0 Å². The van der Waals surface area contributed by atoms with Crippen LogP contribution in [0.5, 0.6) is 5.75 Å². The maximum absolute atomic E-state index is 7.91. The van der Waals surface area contributed by atoms with Crippen LogP contribution in [0.3, 0.4) is 0 Å². The number of rotatable bonds is 2. The van der Waals surface area contributed by atoms with Gasteiger partial charge in [0.25, 0.3) is 6.02 Å². The van der Waals surface area contributed by atoms with E-state index in [1.807, 2.05) is 24.3 Å². The standard InChI is InChI=1S/C14H18N2O2/c1-17-11-7-5-10(6-8-11)13-12-4-2-3-9-16(12)14(15)18-13/h5-8,12-13,15H,2-4,9H2,1H3. The molecule has 0 saturated carbocycles. The summed E-state index contributed by atoms with van der Waals surface area (Å²) in [5, 5.41) is 7.91. The van der Waals surface area contributed by atoms with E-state index in [-0.39, 0.29) is 6.10 Å². The summed E-state index contributed by atoms with van der Waals surface area (Å²) in [7, 11) is 1.67. The second-order valence-electron chi connectivity index (χ2n) is 4.87. The SMILES string of the molecule is COc1ccc(C2OC(=N)N3CCCCC23)cc1. The molecule has 1 aromatic carbocycles. The van der Waals surface area contributed by atoms with Gasteiger partial charge in [-0.2, -0.15) is 0 Å². The van der Waals surface area contributed by atoms with Gasteiger partial charge in [-0.05, 0) is 37.0 Å². The van der Waals surface area contributed by atoms with Gasteiger partial charge >= 0.3 is 0 Å². The Morgan fingerprint density at radius 3 is 2.78 bits per heavy atom. The van der Waals surface area contributed by atoms with E-state index >= 15 is 0 Å². The predicted molar refractivity (Wildman–Crippen MR) is 68.9 cm³/mol. The molecule has 2 atom stereocenters. The summed E-state index contributed by atoms with van der Waals surface area (Å²) in [5.74, 6) is 0.854. The van der Waals surface area contributed by atoms with Gasteiger partial charge in [-0.25, -0.2) is 0 Å². The largest absolute Gasteiger partial charge is 0.497 e. The molecule has 2 aliphatic heterocycles. The number of ether oxygens (including phenoxy) is 2. The lowest BCUT2D eigenvalue weighted by atomic mass is 9.94. The average molecular weight is 246 g/mol. The van der Waals surface area contributed by atoms with Crippen LogP contribution >= 0.6 is 0 Å². The first-order chi connectivity index (χ1) is 8.79. The number of fused-ring (bicyclic) bond motifs is 1. The molecule has 2 fully saturated rings. The summed E-state index contributed by atoms with van der Waals surface area (Å²) in [6.07, 6.45) is 3.50. The van der Waals surface area contributed by atoms with Crippen LogP contribution in [-0.2, 0) is 4.74 Å². The van der Waals surface area contributed by atoms with Gasteiger partial charge in [-0.1, -0.05) is 12.1 Å². The molecule has 4 nitrogen and oxygen atoms in total.